The number of rotatable bonds is 3. The van der Waals surface area contributed by atoms with E-state index in [2.05, 4.69) is 27.0 Å². The monoisotopic (exact) mass is 312 g/mol. The summed E-state index contributed by atoms with van der Waals surface area (Å²) >= 11 is 5.00. The number of hydrogen-bond donors (Lipinski definition) is 1. The van der Waals surface area contributed by atoms with E-state index in [1.54, 1.807) is 6.20 Å². The Morgan fingerprint density at radius 3 is 2.82 bits per heavy atom. The van der Waals surface area contributed by atoms with Crippen molar-refractivity contribution in [2.75, 3.05) is 12.3 Å². The number of hydrogen-bond acceptors (Lipinski definition) is 4. The molecule has 0 radical (unpaired) electrons. The number of nitrogens with zero attached hydrogens (tertiary/aromatic N) is 1. The topological polar surface area (TPSA) is 48.1 Å². The van der Waals surface area contributed by atoms with E-state index in [4.69, 9.17) is 10.5 Å². The van der Waals surface area contributed by atoms with Crippen LogP contribution in [0.15, 0.2) is 22.8 Å². The van der Waals surface area contributed by atoms with E-state index in [0.29, 0.717) is 11.7 Å². The van der Waals surface area contributed by atoms with Crippen molar-refractivity contribution in [1.82, 2.24) is 4.98 Å². The molecule has 2 rings (SSSR count). The number of thiazole rings is 1. The number of aryl methyl sites for hydroxylation is 1. The van der Waals surface area contributed by atoms with Gasteiger partial charge in [-0.3, -0.25) is 0 Å². The van der Waals surface area contributed by atoms with Crippen LogP contribution in [0.3, 0.4) is 0 Å². The SMILES string of the molecule is CCOc1c(Br)cc(C)cc1-c1cnc(N)s1. The van der Waals surface area contributed by atoms with Crippen LogP contribution in [0.25, 0.3) is 10.4 Å². The minimum absolute atomic E-state index is 0.570. The Morgan fingerprint density at radius 1 is 1.47 bits per heavy atom. The normalized spacial score (nSPS) is 10.5. The second kappa shape index (κ2) is 5.06. The molecule has 0 aliphatic heterocycles. The van der Waals surface area contributed by atoms with E-state index >= 15 is 0 Å². The van der Waals surface area contributed by atoms with Gasteiger partial charge in [0.05, 0.1) is 16.0 Å². The molecule has 0 spiro atoms. The number of anilines is 1. The summed E-state index contributed by atoms with van der Waals surface area (Å²) in [6.07, 6.45) is 1.78. The number of halogens is 1. The molecule has 0 amide bonds. The fourth-order valence-corrected chi connectivity index (χ4v) is 3.00. The molecule has 2 aromatic rings. The first-order valence-corrected chi connectivity index (χ1v) is 6.87. The first-order chi connectivity index (χ1) is 8.11. The number of aromatic nitrogens is 1. The molecule has 0 aliphatic rings. The Hall–Kier alpha value is -1.07. The molecule has 3 nitrogen and oxygen atoms in total. The fraction of sp³-hybridized carbons (Fsp3) is 0.250. The minimum Gasteiger partial charge on any atom is -0.492 e. The van der Waals surface area contributed by atoms with Gasteiger partial charge in [0.1, 0.15) is 5.75 Å². The van der Waals surface area contributed by atoms with Gasteiger partial charge in [0, 0.05) is 11.8 Å². The van der Waals surface area contributed by atoms with Gasteiger partial charge in [0.15, 0.2) is 5.13 Å². The summed E-state index contributed by atoms with van der Waals surface area (Å²) < 4.78 is 6.64. The molecule has 0 saturated carbocycles. The summed E-state index contributed by atoms with van der Waals surface area (Å²) in [6.45, 7) is 4.65. The summed E-state index contributed by atoms with van der Waals surface area (Å²) in [6, 6.07) is 4.13. The second-order valence-electron chi connectivity index (χ2n) is 3.62. The maximum absolute atomic E-state index is 5.68. The number of benzene rings is 1. The van der Waals surface area contributed by atoms with Crippen LogP contribution in [0.1, 0.15) is 12.5 Å². The Labute approximate surface area is 113 Å². The average Bonchev–Trinajstić information content (AvgIpc) is 2.68. The lowest BCUT2D eigenvalue weighted by Crippen LogP contribution is -1.95. The Morgan fingerprint density at radius 2 is 2.24 bits per heavy atom. The zero-order valence-electron chi connectivity index (χ0n) is 9.66. The lowest BCUT2D eigenvalue weighted by atomic mass is 10.1. The van der Waals surface area contributed by atoms with Crippen LogP contribution in [0.4, 0.5) is 5.13 Å². The van der Waals surface area contributed by atoms with Crippen LogP contribution < -0.4 is 10.5 Å². The van der Waals surface area contributed by atoms with Crippen LogP contribution in [-0.2, 0) is 0 Å². The highest BCUT2D eigenvalue weighted by Gasteiger charge is 2.13. The van der Waals surface area contributed by atoms with E-state index in [1.807, 2.05) is 19.9 Å². The second-order valence-corrected chi connectivity index (χ2v) is 5.54. The van der Waals surface area contributed by atoms with Crippen molar-refractivity contribution in [3.63, 3.8) is 0 Å². The molecule has 0 atom stereocenters. The zero-order valence-corrected chi connectivity index (χ0v) is 12.1. The highest BCUT2D eigenvalue weighted by Crippen LogP contribution is 2.40. The highest BCUT2D eigenvalue weighted by atomic mass is 79.9. The van der Waals surface area contributed by atoms with Crippen molar-refractivity contribution < 1.29 is 4.74 Å². The minimum atomic E-state index is 0.570. The standard InChI is InChI=1S/C12H13BrN2OS/c1-3-16-11-8(4-7(2)5-9(11)13)10-6-15-12(14)17-10/h4-6H,3H2,1-2H3,(H2,14,15). The van der Waals surface area contributed by atoms with Gasteiger partial charge in [-0.1, -0.05) is 11.3 Å². The molecule has 5 heteroatoms. The van der Waals surface area contributed by atoms with Crippen LogP contribution in [0.2, 0.25) is 0 Å². The first-order valence-electron chi connectivity index (χ1n) is 5.26. The molecular weight excluding hydrogens is 300 g/mol. The van der Waals surface area contributed by atoms with Gasteiger partial charge in [-0.05, 0) is 47.5 Å². The van der Waals surface area contributed by atoms with Crippen LogP contribution in [0, 0.1) is 6.92 Å². The smallest absolute Gasteiger partial charge is 0.180 e. The molecule has 1 aromatic carbocycles. The van der Waals surface area contributed by atoms with Crippen molar-refractivity contribution in [3.05, 3.63) is 28.4 Å². The molecule has 0 saturated heterocycles. The molecule has 1 heterocycles. The Kier molecular flexibility index (Phi) is 3.69. The van der Waals surface area contributed by atoms with Crippen molar-refractivity contribution in [2.45, 2.75) is 13.8 Å². The van der Waals surface area contributed by atoms with E-state index in [-0.39, 0.29) is 0 Å². The van der Waals surface area contributed by atoms with Gasteiger partial charge in [-0.15, -0.1) is 0 Å². The van der Waals surface area contributed by atoms with Crippen molar-refractivity contribution in [2.24, 2.45) is 0 Å². The van der Waals surface area contributed by atoms with Crippen LogP contribution in [-0.4, -0.2) is 11.6 Å². The average molecular weight is 313 g/mol. The third-order valence-corrected chi connectivity index (χ3v) is 3.71. The molecule has 0 fully saturated rings. The fourth-order valence-electron chi connectivity index (χ4n) is 1.62. The van der Waals surface area contributed by atoms with Gasteiger partial charge in [-0.25, -0.2) is 4.98 Å². The van der Waals surface area contributed by atoms with E-state index in [0.717, 1.165) is 20.7 Å². The zero-order chi connectivity index (χ0) is 12.4. The maximum Gasteiger partial charge on any atom is 0.180 e. The summed E-state index contributed by atoms with van der Waals surface area (Å²) in [5.74, 6) is 0.849. The van der Waals surface area contributed by atoms with Gasteiger partial charge in [-0.2, -0.15) is 0 Å². The van der Waals surface area contributed by atoms with Crippen molar-refractivity contribution >= 4 is 32.4 Å². The van der Waals surface area contributed by atoms with Gasteiger partial charge in [0.2, 0.25) is 0 Å². The molecule has 0 aliphatic carbocycles. The number of nitrogen functional groups attached to an aromatic ring is 1. The number of nitrogens with two attached hydrogens (primary N) is 1. The summed E-state index contributed by atoms with van der Waals surface area (Å²) in [7, 11) is 0. The summed E-state index contributed by atoms with van der Waals surface area (Å²) in [5.41, 5.74) is 7.87. The lowest BCUT2D eigenvalue weighted by Gasteiger charge is -2.11. The molecule has 2 N–H and O–H groups in total. The first kappa shape index (κ1) is 12.4. The molecule has 0 unspecified atom stereocenters. The Bertz CT molecular complexity index is 539. The van der Waals surface area contributed by atoms with E-state index < -0.39 is 0 Å². The van der Waals surface area contributed by atoms with E-state index in [1.165, 1.54) is 16.9 Å². The Balaban J connectivity index is 2.58. The number of ether oxygens (including phenoxy) is 1. The maximum atomic E-state index is 5.68. The van der Waals surface area contributed by atoms with Gasteiger partial charge < -0.3 is 10.5 Å². The quantitative estimate of drug-likeness (QED) is 0.936. The van der Waals surface area contributed by atoms with Crippen molar-refractivity contribution in [1.29, 1.82) is 0 Å². The molecular formula is C12H13BrN2OS. The predicted molar refractivity (Wildman–Crippen MR) is 75.6 cm³/mol. The lowest BCUT2D eigenvalue weighted by molar-refractivity contribution is 0.339. The predicted octanol–water partition coefficient (Wildman–Crippen LogP) is 3.86. The third-order valence-electron chi connectivity index (χ3n) is 2.27. The van der Waals surface area contributed by atoms with E-state index in [9.17, 15) is 0 Å². The highest BCUT2D eigenvalue weighted by molar-refractivity contribution is 9.10. The van der Waals surface area contributed by atoms with Gasteiger partial charge >= 0.3 is 0 Å². The van der Waals surface area contributed by atoms with Crippen molar-refractivity contribution in [3.8, 4) is 16.2 Å². The molecule has 17 heavy (non-hydrogen) atoms. The molecule has 0 bridgehead atoms. The molecule has 90 valence electrons. The van der Waals surface area contributed by atoms with Crippen LogP contribution >= 0.6 is 27.3 Å². The summed E-state index contributed by atoms with van der Waals surface area (Å²) in [4.78, 5) is 5.10. The largest absolute Gasteiger partial charge is 0.492 e. The molecule has 1 aromatic heterocycles. The third kappa shape index (κ3) is 2.61. The van der Waals surface area contributed by atoms with Gasteiger partial charge in [0.25, 0.3) is 0 Å². The van der Waals surface area contributed by atoms with Crippen LogP contribution in [0.5, 0.6) is 5.75 Å². The summed E-state index contributed by atoms with van der Waals surface area (Å²) in [5, 5.41) is 0.570.